The minimum Gasteiger partial charge on any atom is -0.377 e. The number of nitrogens with zero attached hydrogens (tertiary/aromatic N) is 3. The lowest BCUT2D eigenvalue weighted by Crippen LogP contribution is -2.46. The van der Waals surface area contributed by atoms with Gasteiger partial charge in [-0.25, -0.2) is 4.98 Å². The zero-order chi connectivity index (χ0) is 19.7. The van der Waals surface area contributed by atoms with E-state index in [0.29, 0.717) is 47.3 Å². The predicted octanol–water partition coefficient (Wildman–Crippen LogP) is 3.66. The Labute approximate surface area is 172 Å². The van der Waals surface area contributed by atoms with Gasteiger partial charge in [-0.15, -0.1) is 0 Å². The van der Waals surface area contributed by atoms with Gasteiger partial charge in [-0.1, -0.05) is 41.1 Å². The number of pyridine rings is 1. The number of halogens is 2. The van der Waals surface area contributed by atoms with Crippen LogP contribution in [0.3, 0.4) is 0 Å². The summed E-state index contributed by atoms with van der Waals surface area (Å²) in [4.78, 5) is 18.8. The molecule has 4 rings (SSSR count). The maximum atomic E-state index is 12.8. The lowest BCUT2D eigenvalue weighted by atomic mass is 9.91. The van der Waals surface area contributed by atoms with Crippen molar-refractivity contribution in [3.05, 3.63) is 70.1 Å². The summed E-state index contributed by atoms with van der Waals surface area (Å²) < 4.78 is 1.73. The summed E-state index contributed by atoms with van der Waals surface area (Å²) in [6.07, 6.45) is 4.14. The summed E-state index contributed by atoms with van der Waals surface area (Å²) in [6, 6.07) is 10.7. The molecular weight excluding hydrogens is 397 g/mol. The van der Waals surface area contributed by atoms with Crippen LogP contribution in [0.2, 0.25) is 10.0 Å². The zero-order valence-corrected chi connectivity index (χ0v) is 16.4. The maximum Gasteiger partial charge on any atom is 0.274 e. The largest absolute Gasteiger partial charge is 0.377 e. The molecule has 7 heteroatoms. The first-order valence-corrected chi connectivity index (χ1v) is 9.62. The Morgan fingerprint density at radius 2 is 1.89 bits per heavy atom. The number of imidazole rings is 1. The summed E-state index contributed by atoms with van der Waals surface area (Å²) in [7, 11) is 0. The smallest absolute Gasteiger partial charge is 0.274 e. The van der Waals surface area contributed by atoms with Gasteiger partial charge in [0.1, 0.15) is 16.9 Å². The highest BCUT2D eigenvalue weighted by Gasteiger charge is 2.33. The van der Waals surface area contributed by atoms with Crippen LogP contribution in [0.4, 0.5) is 0 Å². The van der Waals surface area contributed by atoms with E-state index in [4.69, 9.17) is 23.2 Å². The highest BCUT2D eigenvalue weighted by molar-refractivity contribution is 6.30. The first kappa shape index (κ1) is 18.8. The van der Waals surface area contributed by atoms with Crippen molar-refractivity contribution in [3.8, 4) is 11.8 Å². The van der Waals surface area contributed by atoms with Crippen LogP contribution >= 0.6 is 23.2 Å². The fourth-order valence-electron chi connectivity index (χ4n) is 3.19. The van der Waals surface area contributed by atoms with Crippen molar-refractivity contribution in [2.45, 2.75) is 18.4 Å². The lowest BCUT2D eigenvalue weighted by Gasteiger charge is -2.34. The average molecular weight is 414 g/mol. The SMILES string of the molecule is O=C(c1cn2cc(Cl)ccc2n1)N1CCC(O)(C#Cc2cccc(Cl)c2)CC1. The number of carbonyl (C=O) groups excluding carboxylic acids is 1. The standard InChI is InChI=1S/C21H17Cl2N3O2/c22-16-3-1-2-15(12-16)6-7-21(28)8-10-25(11-9-21)20(27)18-14-26-13-17(23)4-5-19(26)24-18/h1-5,12-14,28H,8-11H2. The van der Waals surface area contributed by atoms with E-state index in [9.17, 15) is 9.90 Å². The highest BCUT2D eigenvalue weighted by Crippen LogP contribution is 2.23. The monoisotopic (exact) mass is 413 g/mol. The Balaban J connectivity index is 1.45. The van der Waals surface area contributed by atoms with E-state index in [1.54, 1.807) is 46.0 Å². The molecule has 1 N–H and O–H groups in total. The first-order valence-electron chi connectivity index (χ1n) is 8.87. The van der Waals surface area contributed by atoms with Crippen molar-refractivity contribution >= 4 is 34.8 Å². The quantitative estimate of drug-likeness (QED) is 0.619. The van der Waals surface area contributed by atoms with Gasteiger partial charge in [-0.2, -0.15) is 0 Å². The van der Waals surface area contributed by atoms with Gasteiger partial charge in [0.15, 0.2) is 0 Å². The van der Waals surface area contributed by atoms with Gasteiger partial charge in [0, 0.05) is 48.9 Å². The molecule has 0 bridgehead atoms. The number of likely N-dealkylation sites (tertiary alicyclic amines) is 1. The molecule has 0 radical (unpaired) electrons. The van der Waals surface area contributed by atoms with Crippen molar-refractivity contribution in [1.29, 1.82) is 0 Å². The van der Waals surface area contributed by atoms with E-state index in [-0.39, 0.29) is 5.91 Å². The number of hydrogen-bond donors (Lipinski definition) is 1. The van der Waals surface area contributed by atoms with Crippen molar-refractivity contribution in [2.75, 3.05) is 13.1 Å². The van der Waals surface area contributed by atoms with E-state index in [1.165, 1.54) is 0 Å². The van der Waals surface area contributed by atoms with E-state index in [0.717, 1.165) is 5.56 Å². The molecule has 1 aliphatic rings. The van der Waals surface area contributed by atoms with Gasteiger partial charge >= 0.3 is 0 Å². The molecule has 1 saturated heterocycles. The van der Waals surface area contributed by atoms with Crippen molar-refractivity contribution < 1.29 is 9.90 Å². The number of hydrogen-bond acceptors (Lipinski definition) is 3. The molecule has 1 fully saturated rings. The number of aromatic nitrogens is 2. The molecule has 2 aromatic heterocycles. The molecule has 0 saturated carbocycles. The molecule has 3 heterocycles. The molecule has 3 aromatic rings. The summed E-state index contributed by atoms with van der Waals surface area (Å²) >= 11 is 11.9. The maximum absolute atomic E-state index is 12.8. The molecule has 5 nitrogen and oxygen atoms in total. The van der Waals surface area contributed by atoms with Gasteiger partial charge in [0.05, 0.1) is 5.02 Å². The number of piperidine rings is 1. The third-order valence-electron chi connectivity index (χ3n) is 4.78. The minimum atomic E-state index is -1.12. The second-order valence-electron chi connectivity index (χ2n) is 6.82. The van der Waals surface area contributed by atoms with Crippen LogP contribution in [0.15, 0.2) is 48.8 Å². The lowest BCUT2D eigenvalue weighted by molar-refractivity contribution is 0.0246. The van der Waals surface area contributed by atoms with Crippen LogP contribution in [0.25, 0.3) is 5.65 Å². The summed E-state index contributed by atoms with van der Waals surface area (Å²) in [5.74, 6) is 5.76. The number of amides is 1. The molecular formula is C21H17Cl2N3O2. The van der Waals surface area contributed by atoms with Gasteiger partial charge < -0.3 is 14.4 Å². The second-order valence-corrected chi connectivity index (χ2v) is 7.70. The van der Waals surface area contributed by atoms with Gasteiger partial charge in [0.2, 0.25) is 0 Å². The van der Waals surface area contributed by atoms with Crippen molar-refractivity contribution in [3.63, 3.8) is 0 Å². The zero-order valence-electron chi connectivity index (χ0n) is 14.9. The Morgan fingerprint density at radius 1 is 1.11 bits per heavy atom. The van der Waals surface area contributed by atoms with Crippen LogP contribution in [-0.2, 0) is 0 Å². The Morgan fingerprint density at radius 3 is 2.64 bits per heavy atom. The number of carbonyl (C=O) groups is 1. The Hall–Kier alpha value is -2.52. The number of fused-ring (bicyclic) bond motifs is 1. The predicted molar refractivity (Wildman–Crippen MR) is 109 cm³/mol. The third-order valence-corrected chi connectivity index (χ3v) is 5.23. The Kier molecular flexibility index (Phi) is 5.03. The van der Waals surface area contributed by atoms with Crippen LogP contribution in [0, 0.1) is 11.8 Å². The van der Waals surface area contributed by atoms with E-state index >= 15 is 0 Å². The van der Waals surface area contributed by atoms with Crippen molar-refractivity contribution in [1.82, 2.24) is 14.3 Å². The summed E-state index contributed by atoms with van der Waals surface area (Å²) in [5.41, 5.74) is 0.653. The number of rotatable bonds is 1. The van der Waals surface area contributed by atoms with Crippen LogP contribution in [0.5, 0.6) is 0 Å². The van der Waals surface area contributed by atoms with Gasteiger partial charge in [-0.3, -0.25) is 4.79 Å². The molecule has 142 valence electrons. The van der Waals surface area contributed by atoms with Crippen LogP contribution in [-0.4, -0.2) is 44.0 Å². The van der Waals surface area contributed by atoms with E-state index < -0.39 is 5.60 Å². The van der Waals surface area contributed by atoms with E-state index in [1.807, 2.05) is 12.1 Å². The molecule has 1 amide bonds. The fourth-order valence-corrected chi connectivity index (χ4v) is 3.55. The van der Waals surface area contributed by atoms with E-state index in [2.05, 4.69) is 16.8 Å². The number of benzene rings is 1. The highest BCUT2D eigenvalue weighted by atomic mass is 35.5. The molecule has 28 heavy (non-hydrogen) atoms. The topological polar surface area (TPSA) is 57.8 Å². The second kappa shape index (κ2) is 7.48. The normalized spacial score (nSPS) is 15.9. The van der Waals surface area contributed by atoms with Gasteiger partial charge in [-0.05, 0) is 30.3 Å². The minimum absolute atomic E-state index is 0.162. The fraction of sp³-hybridized carbons (Fsp3) is 0.238. The molecule has 0 spiro atoms. The Bertz CT molecular complexity index is 1110. The molecule has 0 atom stereocenters. The molecule has 0 unspecified atom stereocenters. The third kappa shape index (κ3) is 4.00. The molecule has 1 aliphatic heterocycles. The molecule has 1 aromatic carbocycles. The van der Waals surface area contributed by atoms with Gasteiger partial charge in [0.25, 0.3) is 5.91 Å². The first-order chi connectivity index (χ1) is 13.4. The molecule has 0 aliphatic carbocycles. The summed E-state index contributed by atoms with van der Waals surface area (Å²) in [5, 5.41) is 11.9. The van der Waals surface area contributed by atoms with Crippen LogP contribution < -0.4 is 0 Å². The average Bonchev–Trinajstić information content (AvgIpc) is 3.10. The summed E-state index contributed by atoms with van der Waals surface area (Å²) in [6.45, 7) is 0.822. The van der Waals surface area contributed by atoms with Crippen molar-refractivity contribution in [2.24, 2.45) is 0 Å². The number of aliphatic hydroxyl groups is 1. The van der Waals surface area contributed by atoms with Crippen LogP contribution in [0.1, 0.15) is 28.9 Å².